The largest absolute Gasteiger partial charge is 0.497 e. The number of nitrogens with one attached hydrogen (secondary N) is 3. The van der Waals surface area contributed by atoms with Gasteiger partial charge in [0.25, 0.3) is 5.91 Å². The summed E-state index contributed by atoms with van der Waals surface area (Å²) < 4.78 is 5.08. The number of rotatable bonds is 10. The first-order chi connectivity index (χ1) is 15.3. The number of hydrogen-bond donors (Lipinski definition) is 4. The molecule has 0 aliphatic heterocycles. The zero-order chi connectivity index (χ0) is 23.5. The van der Waals surface area contributed by atoms with Gasteiger partial charge in [0, 0.05) is 18.2 Å². The fourth-order valence-corrected chi connectivity index (χ4v) is 2.60. The van der Waals surface area contributed by atoms with Crippen LogP contribution >= 0.6 is 0 Å². The Morgan fingerprint density at radius 3 is 2.25 bits per heavy atom. The lowest BCUT2D eigenvalue weighted by Gasteiger charge is -2.13. The van der Waals surface area contributed by atoms with Gasteiger partial charge in [-0.05, 0) is 48.4 Å². The van der Waals surface area contributed by atoms with E-state index in [1.54, 1.807) is 56.5 Å². The minimum Gasteiger partial charge on any atom is -0.497 e. The Bertz CT molecular complexity index is 984. The topological polar surface area (TPSA) is 140 Å². The van der Waals surface area contributed by atoms with Crippen LogP contribution < -0.4 is 26.4 Å². The van der Waals surface area contributed by atoms with E-state index in [1.165, 1.54) is 6.08 Å². The zero-order valence-corrected chi connectivity index (χ0v) is 17.9. The molecule has 0 bridgehead atoms. The number of primary amides is 1. The first-order valence-electron chi connectivity index (χ1n) is 9.84. The van der Waals surface area contributed by atoms with Crippen molar-refractivity contribution in [2.24, 2.45) is 5.73 Å². The summed E-state index contributed by atoms with van der Waals surface area (Å²) in [6.45, 7) is 1.57. The molecule has 0 heterocycles. The Balaban J connectivity index is 1.79. The quantitative estimate of drug-likeness (QED) is 0.405. The Morgan fingerprint density at radius 2 is 1.66 bits per heavy atom. The van der Waals surface area contributed by atoms with Crippen LogP contribution in [0, 0.1) is 0 Å². The van der Waals surface area contributed by atoms with E-state index in [0.717, 1.165) is 16.9 Å². The van der Waals surface area contributed by atoms with Crippen LogP contribution in [0.2, 0.25) is 0 Å². The monoisotopic (exact) mass is 438 g/mol. The maximum absolute atomic E-state index is 12.2. The van der Waals surface area contributed by atoms with E-state index >= 15 is 0 Å². The second-order valence-electron chi connectivity index (χ2n) is 6.90. The normalized spacial score (nSPS) is 11.4. The molecule has 0 aliphatic rings. The number of nitrogens with two attached hydrogens (primary N) is 1. The van der Waals surface area contributed by atoms with Gasteiger partial charge in [-0.1, -0.05) is 24.3 Å². The fourth-order valence-electron chi connectivity index (χ4n) is 2.60. The molecule has 1 atom stereocenters. The number of ether oxygens (including phenoxy) is 1. The van der Waals surface area contributed by atoms with Crippen molar-refractivity contribution >= 4 is 29.7 Å². The minimum absolute atomic E-state index is 0.226. The summed E-state index contributed by atoms with van der Waals surface area (Å²) in [5.74, 6) is -1.07. The number of benzene rings is 2. The van der Waals surface area contributed by atoms with Crippen molar-refractivity contribution in [1.82, 2.24) is 16.0 Å². The Kier molecular flexibility index (Phi) is 8.97. The lowest BCUT2D eigenvalue weighted by Crippen LogP contribution is -2.44. The summed E-state index contributed by atoms with van der Waals surface area (Å²) in [6, 6.07) is 13.0. The van der Waals surface area contributed by atoms with Gasteiger partial charge in [0.2, 0.25) is 17.7 Å². The predicted octanol–water partition coefficient (Wildman–Crippen LogP) is 0.745. The third-order valence-electron chi connectivity index (χ3n) is 4.40. The molecular formula is C23H26N4O5. The summed E-state index contributed by atoms with van der Waals surface area (Å²) in [5.41, 5.74) is 6.95. The van der Waals surface area contributed by atoms with Crippen LogP contribution in [-0.4, -0.2) is 43.3 Å². The van der Waals surface area contributed by atoms with Gasteiger partial charge in [0.05, 0.1) is 13.7 Å². The number of methoxy groups -OCH3 is 1. The third kappa shape index (κ3) is 7.94. The van der Waals surface area contributed by atoms with Gasteiger partial charge in [-0.3, -0.25) is 19.2 Å². The molecular weight excluding hydrogens is 412 g/mol. The Hall–Kier alpha value is -4.14. The molecule has 1 unspecified atom stereocenters. The average Bonchev–Trinajstić information content (AvgIpc) is 2.80. The summed E-state index contributed by atoms with van der Waals surface area (Å²) in [6.07, 6.45) is 2.99. The number of carbonyl (C=O) groups is 4. The zero-order valence-electron chi connectivity index (χ0n) is 17.9. The van der Waals surface area contributed by atoms with E-state index < -0.39 is 23.8 Å². The van der Waals surface area contributed by atoms with Crippen molar-refractivity contribution in [2.45, 2.75) is 19.5 Å². The number of hydrogen-bond acceptors (Lipinski definition) is 5. The fraction of sp³-hybridized carbons (Fsp3) is 0.217. The van der Waals surface area contributed by atoms with Gasteiger partial charge in [-0.2, -0.15) is 0 Å². The number of carbonyl (C=O) groups excluding carboxylic acids is 4. The van der Waals surface area contributed by atoms with Crippen molar-refractivity contribution in [3.05, 3.63) is 71.3 Å². The molecule has 9 nitrogen and oxygen atoms in total. The molecule has 0 fully saturated rings. The molecule has 0 saturated heterocycles. The standard InChI is InChI=1S/C23H26N4O5/c1-15(27-21(29)12-7-16-5-10-19(32-2)11-6-16)22(30)25-13-17-3-8-18(9-4-17)23(31)26-14-20(24)28/h3-12,15H,13-14H2,1-2H3,(H2,24,28)(H,25,30)(H,26,31)(H,27,29)/b12-7+. The summed E-state index contributed by atoms with van der Waals surface area (Å²) in [4.78, 5) is 46.9. The maximum Gasteiger partial charge on any atom is 0.251 e. The molecule has 0 spiro atoms. The minimum atomic E-state index is -0.734. The van der Waals surface area contributed by atoms with Crippen molar-refractivity contribution in [3.8, 4) is 5.75 Å². The number of amides is 4. The van der Waals surface area contributed by atoms with E-state index in [1.807, 2.05) is 12.1 Å². The summed E-state index contributed by atoms with van der Waals surface area (Å²) in [5, 5.41) is 7.72. The van der Waals surface area contributed by atoms with Crippen LogP contribution in [0.4, 0.5) is 0 Å². The van der Waals surface area contributed by atoms with Crippen LogP contribution in [0.3, 0.4) is 0 Å². The van der Waals surface area contributed by atoms with E-state index in [0.29, 0.717) is 5.56 Å². The lowest BCUT2D eigenvalue weighted by molar-refractivity contribution is -0.126. The highest BCUT2D eigenvalue weighted by Crippen LogP contribution is 2.12. The first kappa shape index (κ1) is 24.1. The van der Waals surface area contributed by atoms with Gasteiger partial charge in [0.15, 0.2) is 0 Å². The second kappa shape index (κ2) is 11.9. The van der Waals surface area contributed by atoms with Crippen LogP contribution in [0.25, 0.3) is 6.08 Å². The van der Waals surface area contributed by atoms with Crippen molar-refractivity contribution in [1.29, 1.82) is 0 Å². The van der Waals surface area contributed by atoms with Crippen LogP contribution in [0.1, 0.15) is 28.4 Å². The van der Waals surface area contributed by atoms with Gasteiger partial charge in [0.1, 0.15) is 11.8 Å². The molecule has 32 heavy (non-hydrogen) atoms. The molecule has 2 aromatic rings. The highest BCUT2D eigenvalue weighted by Gasteiger charge is 2.14. The summed E-state index contributed by atoms with van der Waals surface area (Å²) in [7, 11) is 1.58. The molecule has 0 aromatic heterocycles. The third-order valence-corrected chi connectivity index (χ3v) is 4.40. The van der Waals surface area contributed by atoms with Crippen LogP contribution in [-0.2, 0) is 20.9 Å². The molecule has 168 valence electrons. The lowest BCUT2D eigenvalue weighted by atomic mass is 10.1. The highest BCUT2D eigenvalue weighted by atomic mass is 16.5. The van der Waals surface area contributed by atoms with E-state index in [-0.39, 0.29) is 19.0 Å². The maximum atomic E-state index is 12.2. The van der Waals surface area contributed by atoms with Crippen LogP contribution in [0.15, 0.2) is 54.6 Å². The molecule has 0 radical (unpaired) electrons. The average molecular weight is 438 g/mol. The SMILES string of the molecule is COc1ccc(/C=C/C(=O)NC(C)C(=O)NCc2ccc(C(=O)NCC(N)=O)cc2)cc1. The van der Waals surface area contributed by atoms with Gasteiger partial charge >= 0.3 is 0 Å². The van der Waals surface area contributed by atoms with E-state index in [9.17, 15) is 19.2 Å². The van der Waals surface area contributed by atoms with E-state index in [2.05, 4.69) is 16.0 Å². The van der Waals surface area contributed by atoms with Gasteiger partial charge < -0.3 is 26.4 Å². The molecule has 2 rings (SSSR count). The second-order valence-corrected chi connectivity index (χ2v) is 6.90. The summed E-state index contributed by atoms with van der Waals surface area (Å²) >= 11 is 0. The molecule has 4 amide bonds. The van der Waals surface area contributed by atoms with Crippen LogP contribution in [0.5, 0.6) is 5.75 Å². The van der Waals surface area contributed by atoms with Crippen molar-refractivity contribution < 1.29 is 23.9 Å². The Labute approximate surface area is 186 Å². The molecule has 0 aliphatic carbocycles. The van der Waals surface area contributed by atoms with Gasteiger partial charge in [-0.25, -0.2) is 0 Å². The molecule has 5 N–H and O–H groups in total. The van der Waals surface area contributed by atoms with E-state index in [4.69, 9.17) is 10.5 Å². The predicted molar refractivity (Wildman–Crippen MR) is 119 cm³/mol. The molecule has 0 saturated carbocycles. The molecule has 2 aromatic carbocycles. The Morgan fingerprint density at radius 1 is 1.00 bits per heavy atom. The smallest absolute Gasteiger partial charge is 0.251 e. The highest BCUT2D eigenvalue weighted by molar-refractivity contribution is 5.96. The van der Waals surface area contributed by atoms with Crippen molar-refractivity contribution in [2.75, 3.05) is 13.7 Å². The van der Waals surface area contributed by atoms with Crippen molar-refractivity contribution in [3.63, 3.8) is 0 Å². The first-order valence-corrected chi connectivity index (χ1v) is 9.84. The molecule has 9 heteroatoms. The van der Waals surface area contributed by atoms with Gasteiger partial charge in [-0.15, -0.1) is 0 Å².